The summed E-state index contributed by atoms with van der Waals surface area (Å²) in [5.41, 5.74) is 1.63. The highest BCUT2D eigenvalue weighted by atomic mass is 79.9. The molecular weight excluding hydrogens is 435 g/mol. The van der Waals surface area contributed by atoms with E-state index in [9.17, 15) is 17.6 Å². The number of nitrogens with one attached hydrogen (secondary N) is 1. The number of sulfonamides is 1. The molecule has 0 aliphatic carbocycles. The van der Waals surface area contributed by atoms with Gasteiger partial charge in [0, 0.05) is 23.2 Å². The number of aryl methyl sites for hydroxylation is 1. The van der Waals surface area contributed by atoms with Crippen molar-refractivity contribution in [1.29, 1.82) is 0 Å². The summed E-state index contributed by atoms with van der Waals surface area (Å²) in [6.45, 7) is 2.36. The fraction of sp³-hybridized carbons (Fsp3) is 0.316. The van der Waals surface area contributed by atoms with E-state index in [1.807, 2.05) is 25.1 Å². The lowest BCUT2D eigenvalue weighted by Crippen LogP contribution is -2.43. The summed E-state index contributed by atoms with van der Waals surface area (Å²) in [5.74, 6) is -1.12. The van der Waals surface area contributed by atoms with Crippen molar-refractivity contribution < 1.29 is 17.6 Å². The average Bonchev–Trinajstić information content (AvgIpc) is 2.64. The molecule has 1 unspecified atom stereocenters. The number of hydrogen-bond acceptors (Lipinski definition) is 3. The smallest absolute Gasteiger partial charge is 0.243 e. The maximum Gasteiger partial charge on any atom is 0.243 e. The first-order valence-electron chi connectivity index (χ1n) is 8.60. The Hall–Kier alpha value is -1.77. The van der Waals surface area contributed by atoms with Gasteiger partial charge >= 0.3 is 0 Å². The van der Waals surface area contributed by atoms with Gasteiger partial charge in [-0.05, 0) is 67.8 Å². The third kappa shape index (κ3) is 4.56. The van der Waals surface area contributed by atoms with Crippen LogP contribution in [0.3, 0.4) is 0 Å². The first-order chi connectivity index (χ1) is 12.8. The minimum Gasteiger partial charge on any atom is -0.326 e. The van der Waals surface area contributed by atoms with Gasteiger partial charge in [-0.3, -0.25) is 4.79 Å². The lowest BCUT2D eigenvalue weighted by molar-refractivity contribution is -0.120. The van der Waals surface area contributed by atoms with Crippen molar-refractivity contribution in [3.8, 4) is 0 Å². The van der Waals surface area contributed by atoms with Crippen LogP contribution in [0.5, 0.6) is 0 Å². The van der Waals surface area contributed by atoms with Crippen LogP contribution < -0.4 is 5.32 Å². The molecule has 144 valence electrons. The Morgan fingerprint density at radius 2 is 1.93 bits per heavy atom. The second-order valence-electron chi connectivity index (χ2n) is 6.60. The molecule has 0 aromatic heterocycles. The molecule has 1 aliphatic rings. The Bertz CT molecular complexity index is 948. The zero-order valence-corrected chi connectivity index (χ0v) is 17.2. The number of amides is 1. The van der Waals surface area contributed by atoms with E-state index in [4.69, 9.17) is 0 Å². The molecule has 0 radical (unpaired) electrons. The van der Waals surface area contributed by atoms with Crippen LogP contribution in [0.2, 0.25) is 0 Å². The summed E-state index contributed by atoms with van der Waals surface area (Å²) < 4.78 is 40.9. The first-order valence-corrected chi connectivity index (χ1v) is 10.8. The number of anilines is 1. The van der Waals surface area contributed by atoms with Crippen molar-refractivity contribution in [2.75, 3.05) is 18.4 Å². The van der Waals surface area contributed by atoms with Gasteiger partial charge in [-0.15, -0.1) is 0 Å². The number of piperidine rings is 1. The van der Waals surface area contributed by atoms with E-state index >= 15 is 0 Å². The molecule has 1 N–H and O–H groups in total. The lowest BCUT2D eigenvalue weighted by atomic mass is 9.98. The Morgan fingerprint density at radius 3 is 2.59 bits per heavy atom. The van der Waals surface area contributed by atoms with Crippen molar-refractivity contribution in [3.63, 3.8) is 0 Å². The van der Waals surface area contributed by atoms with Crippen LogP contribution in [-0.4, -0.2) is 31.7 Å². The average molecular weight is 455 g/mol. The van der Waals surface area contributed by atoms with Crippen LogP contribution >= 0.6 is 15.9 Å². The normalized spacial score (nSPS) is 18.3. The van der Waals surface area contributed by atoms with Crippen molar-refractivity contribution in [2.45, 2.75) is 24.7 Å². The van der Waals surface area contributed by atoms with Gasteiger partial charge < -0.3 is 5.32 Å². The molecular formula is C19H20BrFN2O3S. The SMILES string of the molecule is Cc1cc(Br)ccc1NC(=O)C1CCCN(S(=O)(=O)c2ccc(F)cc2)C1. The quantitative estimate of drug-likeness (QED) is 0.760. The van der Waals surface area contributed by atoms with Gasteiger partial charge in [0.25, 0.3) is 0 Å². The van der Waals surface area contributed by atoms with Crippen molar-refractivity contribution >= 4 is 37.5 Å². The van der Waals surface area contributed by atoms with Crippen LogP contribution in [-0.2, 0) is 14.8 Å². The molecule has 0 bridgehead atoms. The van der Waals surface area contributed by atoms with E-state index in [0.717, 1.165) is 22.2 Å². The predicted octanol–water partition coefficient (Wildman–Crippen LogP) is 3.94. The second kappa shape index (κ2) is 8.08. The third-order valence-corrected chi connectivity index (χ3v) is 7.03. The molecule has 1 amide bonds. The van der Waals surface area contributed by atoms with E-state index in [0.29, 0.717) is 25.1 Å². The minimum absolute atomic E-state index is 0.0358. The van der Waals surface area contributed by atoms with Gasteiger partial charge in [0.2, 0.25) is 15.9 Å². The third-order valence-electron chi connectivity index (χ3n) is 4.65. The number of carbonyl (C=O) groups excluding carboxylic acids is 1. The van der Waals surface area contributed by atoms with E-state index in [-0.39, 0.29) is 17.3 Å². The van der Waals surface area contributed by atoms with E-state index in [1.165, 1.54) is 16.4 Å². The van der Waals surface area contributed by atoms with Crippen molar-refractivity contribution in [1.82, 2.24) is 4.31 Å². The van der Waals surface area contributed by atoms with E-state index in [2.05, 4.69) is 21.2 Å². The number of halogens is 2. The standard InChI is InChI=1S/C19H20BrFN2O3S/c1-13-11-15(20)4-9-18(13)22-19(24)14-3-2-10-23(12-14)27(25,26)17-7-5-16(21)6-8-17/h4-9,11,14H,2-3,10,12H2,1H3,(H,22,24). The molecule has 0 spiro atoms. The largest absolute Gasteiger partial charge is 0.326 e. The molecule has 2 aromatic rings. The Kier molecular flexibility index (Phi) is 5.98. The van der Waals surface area contributed by atoms with Crippen LogP contribution in [0.25, 0.3) is 0 Å². The number of nitrogens with zero attached hydrogens (tertiary/aromatic N) is 1. The molecule has 8 heteroatoms. The highest BCUT2D eigenvalue weighted by Crippen LogP contribution is 2.26. The molecule has 0 saturated carbocycles. The molecule has 5 nitrogen and oxygen atoms in total. The van der Waals surface area contributed by atoms with Gasteiger partial charge in [-0.2, -0.15) is 4.31 Å². The molecule has 1 atom stereocenters. The topological polar surface area (TPSA) is 66.5 Å². The second-order valence-corrected chi connectivity index (χ2v) is 9.46. The Balaban J connectivity index is 1.73. The number of benzene rings is 2. The summed E-state index contributed by atoms with van der Waals surface area (Å²) in [7, 11) is -3.75. The van der Waals surface area contributed by atoms with Gasteiger partial charge in [-0.25, -0.2) is 12.8 Å². The monoisotopic (exact) mass is 454 g/mol. The first kappa shape index (κ1) is 20.0. The summed E-state index contributed by atoms with van der Waals surface area (Å²) in [5, 5.41) is 2.90. The highest BCUT2D eigenvalue weighted by molar-refractivity contribution is 9.10. The summed E-state index contributed by atoms with van der Waals surface area (Å²) in [6, 6.07) is 10.3. The van der Waals surface area contributed by atoms with Crippen LogP contribution in [0.1, 0.15) is 18.4 Å². The van der Waals surface area contributed by atoms with Gasteiger partial charge in [0.1, 0.15) is 5.82 Å². The van der Waals surface area contributed by atoms with Gasteiger partial charge in [-0.1, -0.05) is 15.9 Å². The Morgan fingerprint density at radius 1 is 1.22 bits per heavy atom. The molecule has 3 rings (SSSR count). The number of carbonyl (C=O) groups is 1. The molecule has 1 fully saturated rings. The molecule has 1 saturated heterocycles. The molecule has 27 heavy (non-hydrogen) atoms. The molecule has 1 heterocycles. The van der Waals surface area contributed by atoms with Crippen LogP contribution in [0.4, 0.5) is 10.1 Å². The van der Waals surface area contributed by atoms with Crippen LogP contribution in [0, 0.1) is 18.7 Å². The van der Waals surface area contributed by atoms with Gasteiger partial charge in [0.05, 0.1) is 10.8 Å². The fourth-order valence-corrected chi connectivity index (χ4v) is 5.13. The molecule has 2 aromatic carbocycles. The van der Waals surface area contributed by atoms with E-state index in [1.54, 1.807) is 0 Å². The zero-order chi connectivity index (χ0) is 19.6. The summed E-state index contributed by atoms with van der Waals surface area (Å²) >= 11 is 3.39. The highest BCUT2D eigenvalue weighted by Gasteiger charge is 2.33. The maximum absolute atomic E-state index is 13.1. The predicted molar refractivity (Wildman–Crippen MR) is 105 cm³/mol. The van der Waals surface area contributed by atoms with Gasteiger partial charge in [0.15, 0.2) is 0 Å². The lowest BCUT2D eigenvalue weighted by Gasteiger charge is -2.31. The maximum atomic E-state index is 13.1. The number of hydrogen-bond donors (Lipinski definition) is 1. The molecule has 1 aliphatic heterocycles. The summed E-state index contributed by atoms with van der Waals surface area (Å²) in [6.07, 6.45) is 1.22. The fourth-order valence-electron chi connectivity index (χ4n) is 3.13. The summed E-state index contributed by atoms with van der Waals surface area (Å²) in [4.78, 5) is 12.7. The van der Waals surface area contributed by atoms with Crippen LogP contribution in [0.15, 0.2) is 51.8 Å². The van der Waals surface area contributed by atoms with Crippen molar-refractivity contribution in [2.24, 2.45) is 5.92 Å². The Labute approximate surface area is 166 Å². The zero-order valence-electron chi connectivity index (χ0n) is 14.8. The minimum atomic E-state index is -3.75. The van der Waals surface area contributed by atoms with E-state index < -0.39 is 21.8 Å². The van der Waals surface area contributed by atoms with Crippen molar-refractivity contribution in [3.05, 3.63) is 58.3 Å². The number of rotatable bonds is 4.